The number of para-hydroxylation sites is 1. The van der Waals surface area contributed by atoms with E-state index in [0.717, 1.165) is 10.2 Å². The van der Waals surface area contributed by atoms with Crippen molar-refractivity contribution in [2.45, 2.75) is 0 Å². The maximum absolute atomic E-state index is 12.9. The molecule has 1 aromatic heterocycles. The van der Waals surface area contributed by atoms with Crippen LogP contribution in [-0.2, 0) is 0 Å². The summed E-state index contributed by atoms with van der Waals surface area (Å²) in [7, 11) is 0. The third kappa shape index (κ3) is 2.43. The van der Waals surface area contributed by atoms with E-state index in [1.54, 1.807) is 0 Å². The maximum atomic E-state index is 12.9. The number of carbonyl (C=O) groups is 2. The highest BCUT2D eigenvalue weighted by atomic mass is 79.9. The Kier molecular flexibility index (Phi) is 3.50. The molecule has 0 bridgehead atoms. The number of ketones is 2. The van der Waals surface area contributed by atoms with Crippen molar-refractivity contribution in [3.8, 4) is 0 Å². The Balaban J connectivity index is 1.81. The first kappa shape index (κ1) is 14.8. The third-order valence-corrected chi connectivity index (χ3v) is 4.44. The Hall–Kier alpha value is -2.79. The van der Waals surface area contributed by atoms with Crippen molar-refractivity contribution in [3.05, 3.63) is 82.1 Å². The van der Waals surface area contributed by atoms with Gasteiger partial charge in [0, 0.05) is 33.4 Å². The smallest absolute Gasteiger partial charge is 0.210 e. The summed E-state index contributed by atoms with van der Waals surface area (Å²) in [4.78, 5) is 29.6. The lowest BCUT2D eigenvalue weighted by Crippen LogP contribution is -2.22. The number of pyridine rings is 1. The van der Waals surface area contributed by atoms with E-state index in [2.05, 4.69) is 26.2 Å². The van der Waals surface area contributed by atoms with Crippen molar-refractivity contribution in [1.82, 2.24) is 4.98 Å². The van der Waals surface area contributed by atoms with Crippen LogP contribution in [0.4, 0.5) is 5.69 Å². The second-order valence-corrected chi connectivity index (χ2v) is 6.36. The van der Waals surface area contributed by atoms with Crippen LogP contribution in [0, 0.1) is 0 Å². The van der Waals surface area contributed by atoms with Gasteiger partial charge in [0.15, 0.2) is 5.78 Å². The SMILES string of the molecule is O=C1C=C(Nc2ccc(Br)cc2)C(=O)c2c1cnc1ccccc21. The van der Waals surface area contributed by atoms with E-state index in [9.17, 15) is 9.59 Å². The minimum Gasteiger partial charge on any atom is -0.352 e. The zero-order valence-corrected chi connectivity index (χ0v) is 14.0. The molecule has 3 aromatic rings. The van der Waals surface area contributed by atoms with Gasteiger partial charge in [-0.15, -0.1) is 0 Å². The monoisotopic (exact) mass is 378 g/mol. The first-order valence-electron chi connectivity index (χ1n) is 7.34. The summed E-state index contributed by atoms with van der Waals surface area (Å²) in [6, 6.07) is 14.7. The number of nitrogens with zero attached hydrogens (tertiary/aromatic N) is 1. The van der Waals surface area contributed by atoms with E-state index in [4.69, 9.17) is 0 Å². The van der Waals surface area contributed by atoms with Crippen LogP contribution in [-0.4, -0.2) is 16.6 Å². The van der Waals surface area contributed by atoms with Gasteiger partial charge in [-0.1, -0.05) is 34.1 Å². The van der Waals surface area contributed by atoms with Gasteiger partial charge in [-0.05, 0) is 30.3 Å². The molecule has 0 radical (unpaired) electrons. The molecular weight excluding hydrogens is 368 g/mol. The molecule has 0 spiro atoms. The number of carbonyl (C=O) groups excluding carboxylic acids is 2. The van der Waals surface area contributed by atoms with Gasteiger partial charge in [0.1, 0.15) is 0 Å². The van der Waals surface area contributed by atoms with Crippen LogP contribution in [0.25, 0.3) is 10.9 Å². The molecule has 1 aliphatic carbocycles. The molecule has 4 nitrogen and oxygen atoms in total. The van der Waals surface area contributed by atoms with Crippen molar-refractivity contribution in [2.75, 3.05) is 5.32 Å². The van der Waals surface area contributed by atoms with Crippen LogP contribution < -0.4 is 5.32 Å². The Morgan fingerprint density at radius 2 is 1.71 bits per heavy atom. The molecule has 1 heterocycles. The largest absolute Gasteiger partial charge is 0.352 e. The fourth-order valence-corrected chi connectivity index (χ4v) is 3.03. The summed E-state index contributed by atoms with van der Waals surface area (Å²) >= 11 is 3.37. The highest BCUT2D eigenvalue weighted by molar-refractivity contribution is 9.10. The average Bonchev–Trinajstić information content (AvgIpc) is 2.60. The van der Waals surface area contributed by atoms with E-state index in [-0.39, 0.29) is 17.3 Å². The molecule has 4 rings (SSSR count). The average molecular weight is 379 g/mol. The van der Waals surface area contributed by atoms with Crippen molar-refractivity contribution < 1.29 is 9.59 Å². The highest BCUT2D eigenvalue weighted by Crippen LogP contribution is 2.28. The first-order valence-corrected chi connectivity index (χ1v) is 8.14. The number of aromatic nitrogens is 1. The van der Waals surface area contributed by atoms with Crippen LogP contribution in [0.2, 0.25) is 0 Å². The Labute approximate surface area is 146 Å². The van der Waals surface area contributed by atoms with Crippen molar-refractivity contribution in [2.24, 2.45) is 0 Å². The van der Waals surface area contributed by atoms with Gasteiger partial charge < -0.3 is 5.32 Å². The second kappa shape index (κ2) is 5.69. The fourth-order valence-electron chi connectivity index (χ4n) is 2.76. The molecule has 0 saturated carbocycles. The number of Topliss-reactive ketones (excluding diaryl/α,β-unsaturated/α-hetero) is 1. The lowest BCUT2D eigenvalue weighted by atomic mass is 9.91. The van der Waals surface area contributed by atoms with Crippen LogP contribution in [0.1, 0.15) is 20.7 Å². The molecule has 2 aromatic carbocycles. The molecule has 24 heavy (non-hydrogen) atoms. The van der Waals surface area contributed by atoms with Crippen LogP contribution in [0.5, 0.6) is 0 Å². The minimum absolute atomic E-state index is 0.203. The van der Waals surface area contributed by atoms with Crippen LogP contribution in [0.3, 0.4) is 0 Å². The predicted molar refractivity (Wildman–Crippen MR) is 96.3 cm³/mol. The first-order chi connectivity index (χ1) is 11.6. The molecule has 1 aliphatic rings. The number of hydrogen-bond acceptors (Lipinski definition) is 4. The standard InChI is InChI=1S/C19H11BrN2O2/c20-11-5-7-12(8-6-11)22-16-9-17(23)14-10-21-15-4-2-1-3-13(15)18(14)19(16)24/h1-10,22H. The Bertz CT molecular complexity index is 1020. The Morgan fingerprint density at radius 3 is 2.50 bits per heavy atom. The maximum Gasteiger partial charge on any atom is 0.210 e. The van der Waals surface area contributed by atoms with E-state index in [0.29, 0.717) is 22.0 Å². The van der Waals surface area contributed by atoms with Crippen molar-refractivity contribution in [1.29, 1.82) is 0 Å². The molecule has 0 fully saturated rings. The van der Waals surface area contributed by atoms with E-state index in [1.807, 2.05) is 48.5 Å². The molecular formula is C19H11BrN2O2. The lowest BCUT2D eigenvalue weighted by molar-refractivity contribution is 0.0986. The van der Waals surface area contributed by atoms with Crippen LogP contribution >= 0.6 is 15.9 Å². The number of rotatable bonds is 2. The topological polar surface area (TPSA) is 59.1 Å². The lowest BCUT2D eigenvalue weighted by Gasteiger charge is -2.18. The molecule has 0 saturated heterocycles. The van der Waals surface area contributed by atoms with E-state index in [1.165, 1.54) is 12.3 Å². The number of benzene rings is 2. The summed E-state index contributed by atoms with van der Waals surface area (Å²) in [5.74, 6) is -0.423. The summed E-state index contributed by atoms with van der Waals surface area (Å²) in [5, 5.41) is 3.73. The fraction of sp³-hybridized carbons (Fsp3) is 0. The second-order valence-electron chi connectivity index (χ2n) is 5.45. The molecule has 1 N–H and O–H groups in total. The van der Waals surface area contributed by atoms with Gasteiger partial charge in [0.25, 0.3) is 0 Å². The summed E-state index contributed by atoms with van der Waals surface area (Å²) in [6.45, 7) is 0. The highest BCUT2D eigenvalue weighted by Gasteiger charge is 2.28. The van der Waals surface area contributed by atoms with Gasteiger partial charge in [-0.25, -0.2) is 0 Å². The summed E-state index contributed by atoms with van der Waals surface area (Å²) in [6.07, 6.45) is 2.81. The minimum atomic E-state index is -0.220. The van der Waals surface area contributed by atoms with Gasteiger partial charge in [0.2, 0.25) is 5.78 Å². The molecule has 0 unspecified atom stereocenters. The number of fused-ring (bicyclic) bond motifs is 3. The van der Waals surface area contributed by atoms with Crippen molar-refractivity contribution >= 4 is 44.1 Å². The van der Waals surface area contributed by atoms with Gasteiger partial charge >= 0.3 is 0 Å². The predicted octanol–water partition coefficient (Wildman–Crippen LogP) is 4.37. The molecule has 5 heteroatoms. The Morgan fingerprint density at radius 1 is 0.958 bits per heavy atom. The molecule has 116 valence electrons. The number of anilines is 1. The summed E-state index contributed by atoms with van der Waals surface area (Å²) in [5.41, 5.74) is 2.47. The summed E-state index contributed by atoms with van der Waals surface area (Å²) < 4.78 is 0.940. The zero-order chi connectivity index (χ0) is 16.7. The number of allylic oxidation sites excluding steroid dienone is 2. The molecule has 0 aliphatic heterocycles. The van der Waals surface area contributed by atoms with Gasteiger partial charge in [-0.3, -0.25) is 14.6 Å². The van der Waals surface area contributed by atoms with E-state index >= 15 is 0 Å². The normalized spacial score (nSPS) is 13.6. The third-order valence-electron chi connectivity index (χ3n) is 3.91. The molecule has 0 amide bonds. The quantitative estimate of drug-likeness (QED) is 0.718. The number of hydrogen-bond donors (Lipinski definition) is 1. The van der Waals surface area contributed by atoms with Crippen LogP contribution in [0.15, 0.2) is 71.0 Å². The van der Waals surface area contributed by atoms with Gasteiger partial charge in [0.05, 0.1) is 16.8 Å². The van der Waals surface area contributed by atoms with E-state index < -0.39 is 0 Å². The van der Waals surface area contributed by atoms with Crippen molar-refractivity contribution in [3.63, 3.8) is 0 Å². The van der Waals surface area contributed by atoms with Gasteiger partial charge in [-0.2, -0.15) is 0 Å². The zero-order valence-electron chi connectivity index (χ0n) is 12.4. The number of halogens is 1. The number of nitrogens with one attached hydrogen (secondary N) is 1. The molecule has 0 atom stereocenters.